The zero-order valence-corrected chi connectivity index (χ0v) is 12.6. The first-order valence-electron chi connectivity index (χ1n) is 7.11. The lowest BCUT2D eigenvalue weighted by Gasteiger charge is -2.18. The van der Waals surface area contributed by atoms with Crippen LogP contribution in [-0.4, -0.2) is 15.0 Å². The highest BCUT2D eigenvalue weighted by atomic mass is 15.0. The molecule has 2 heterocycles. The Bertz CT molecular complexity index is 753. The first kappa shape index (κ1) is 13.8. The molecule has 0 radical (unpaired) electrons. The van der Waals surface area contributed by atoms with Crippen molar-refractivity contribution in [2.45, 2.75) is 32.2 Å². The molecule has 0 aliphatic carbocycles. The average molecular weight is 280 g/mol. The molecule has 0 saturated carbocycles. The molecular formula is C17H20N4. The van der Waals surface area contributed by atoms with E-state index in [4.69, 9.17) is 5.73 Å². The van der Waals surface area contributed by atoms with Crippen molar-refractivity contribution in [1.82, 2.24) is 15.0 Å². The third-order valence-corrected chi connectivity index (χ3v) is 3.73. The van der Waals surface area contributed by atoms with E-state index in [1.807, 2.05) is 12.1 Å². The Labute approximate surface area is 124 Å². The molecule has 3 N–H and O–H groups in total. The van der Waals surface area contributed by atoms with E-state index in [1.165, 1.54) is 5.56 Å². The first-order chi connectivity index (χ1) is 9.95. The molecule has 1 atom stereocenters. The average Bonchev–Trinajstić information content (AvgIpc) is 2.89. The van der Waals surface area contributed by atoms with Gasteiger partial charge in [0.1, 0.15) is 5.82 Å². The summed E-state index contributed by atoms with van der Waals surface area (Å²) in [6.07, 6.45) is 3.49. The number of pyridine rings is 1. The molecule has 0 bridgehead atoms. The lowest BCUT2D eigenvalue weighted by atomic mass is 9.87. The minimum atomic E-state index is -0.265. The summed E-state index contributed by atoms with van der Waals surface area (Å²) in [5, 5.41) is 0. The minimum absolute atomic E-state index is 0.112. The molecule has 4 heteroatoms. The van der Waals surface area contributed by atoms with Gasteiger partial charge in [0.25, 0.3) is 0 Å². The van der Waals surface area contributed by atoms with Gasteiger partial charge in [0.2, 0.25) is 0 Å². The maximum atomic E-state index is 6.28. The number of H-pyrrole nitrogens is 1. The van der Waals surface area contributed by atoms with E-state index in [0.717, 1.165) is 22.4 Å². The van der Waals surface area contributed by atoms with Gasteiger partial charge in [0, 0.05) is 12.4 Å². The predicted molar refractivity (Wildman–Crippen MR) is 85.1 cm³/mol. The summed E-state index contributed by atoms with van der Waals surface area (Å²) in [4.78, 5) is 12.0. The maximum Gasteiger partial charge on any atom is 0.128 e. The van der Waals surface area contributed by atoms with E-state index in [2.05, 4.69) is 53.9 Å². The Kier molecular flexibility index (Phi) is 3.26. The van der Waals surface area contributed by atoms with E-state index in [1.54, 1.807) is 12.4 Å². The second-order valence-corrected chi connectivity index (χ2v) is 6.36. The fraction of sp³-hybridized carbons (Fsp3) is 0.294. The molecule has 0 saturated heterocycles. The largest absolute Gasteiger partial charge is 0.340 e. The van der Waals surface area contributed by atoms with Crippen LogP contribution in [0.1, 0.15) is 43.8 Å². The number of imidazole rings is 1. The van der Waals surface area contributed by atoms with Gasteiger partial charge >= 0.3 is 0 Å². The van der Waals surface area contributed by atoms with Gasteiger partial charge in [0.15, 0.2) is 0 Å². The van der Waals surface area contributed by atoms with Crippen molar-refractivity contribution in [3.8, 4) is 0 Å². The van der Waals surface area contributed by atoms with Gasteiger partial charge < -0.3 is 10.7 Å². The highest BCUT2D eigenvalue weighted by Gasteiger charge is 2.17. The van der Waals surface area contributed by atoms with Crippen LogP contribution in [0.3, 0.4) is 0 Å². The van der Waals surface area contributed by atoms with Crippen molar-refractivity contribution >= 4 is 11.0 Å². The number of fused-ring (bicyclic) bond motifs is 1. The summed E-state index contributed by atoms with van der Waals surface area (Å²) in [5.41, 5.74) is 10.6. The molecule has 0 aliphatic heterocycles. The maximum absolute atomic E-state index is 6.28. The number of nitrogens with two attached hydrogens (primary N) is 1. The molecule has 2 aromatic heterocycles. The third kappa shape index (κ3) is 2.67. The van der Waals surface area contributed by atoms with E-state index in [-0.39, 0.29) is 11.5 Å². The van der Waals surface area contributed by atoms with E-state index >= 15 is 0 Å². The van der Waals surface area contributed by atoms with Crippen molar-refractivity contribution < 1.29 is 0 Å². The van der Waals surface area contributed by atoms with E-state index in [0.29, 0.717) is 0 Å². The Morgan fingerprint density at radius 1 is 1.10 bits per heavy atom. The molecule has 108 valence electrons. The molecule has 1 aromatic carbocycles. The number of benzene rings is 1. The Morgan fingerprint density at radius 3 is 2.48 bits per heavy atom. The Morgan fingerprint density at radius 2 is 1.81 bits per heavy atom. The molecule has 1 unspecified atom stereocenters. The van der Waals surface area contributed by atoms with Gasteiger partial charge in [-0.1, -0.05) is 26.8 Å². The quantitative estimate of drug-likeness (QED) is 0.756. The molecule has 3 aromatic rings. The predicted octanol–water partition coefficient (Wildman–Crippen LogP) is 3.30. The van der Waals surface area contributed by atoms with Crippen molar-refractivity contribution in [3.63, 3.8) is 0 Å². The fourth-order valence-electron chi connectivity index (χ4n) is 2.37. The van der Waals surface area contributed by atoms with E-state index < -0.39 is 0 Å². The lowest BCUT2D eigenvalue weighted by Crippen LogP contribution is -2.13. The van der Waals surface area contributed by atoms with Crippen molar-refractivity contribution in [2.24, 2.45) is 5.73 Å². The summed E-state index contributed by atoms with van der Waals surface area (Å²) in [7, 11) is 0. The van der Waals surface area contributed by atoms with Gasteiger partial charge in [0.05, 0.1) is 17.1 Å². The first-order valence-corrected chi connectivity index (χ1v) is 7.11. The van der Waals surface area contributed by atoms with Crippen LogP contribution in [0.25, 0.3) is 11.0 Å². The molecule has 21 heavy (non-hydrogen) atoms. The van der Waals surface area contributed by atoms with Gasteiger partial charge in [-0.25, -0.2) is 4.98 Å². The summed E-state index contributed by atoms with van der Waals surface area (Å²) < 4.78 is 0. The van der Waals surface area contributed by atoms with Crippen molar-refractivity contribution in [2.75, 3.05) is 0 Å². The van der Waals surface area contributed by atoms with Gasteiger partial charge in [-0.2, -0.15) is 0 Å². The summed E-state index contributed by atoms with van der Waals surface area (Å²) in [5.74, 6) is 0.780. The lowest BCUT2D eigenvalue weighted by molar-refractivity contribution is 0.591. The van der Waals surface area contributed by atoms with Crippen LogP contribution in [0.2, 0.25) is 0 Å². The molecule has 0 amide bonds. The second-order valence-electron chi connectivity index (χ2n) is 6.36. The summed E-state index contributed by atoms with van der Waals surface area (Å²) >= 11 is 0. The molecule has 0 fully saturated rings. The van der Waals surface area contributed by atoms with Crippen LogP contribution in [0.5, 0.6) is 0 Å². The highest BCUT2D eigenvalue weighted by Crippen LogP contribution is 2.26. The van der Waals surface area contributed by atoms with Gasteiger partial charge in [-0.05, 0) is 40.8 Å². The SMILES string of the molecule is CC(C)(C)c1ccc2[nH]c(C(N)c3ccncc3)nc2c1. The van der Waals surface area contributed by atoms with Crippen molar-refractivity contribution in [1.29, 1.82) is 0 Å². The molecule has 0 aliphatic rings. The smallest absolute Gasteiger partial charge is 0.128 e. The minimum Gasteiger partial charge on any atom is -0.340 e. The number of nitrogens with zero attached hydrogens (tertiary/aromatic N) is 2. The fourth-order valence-corrected chi connectivity index (χ4v) is 2.37. The number of hydrogen-bond donors (Lipinski definition) is 2. The van der Waals surface area contributed by atoms with E-state index in [9.17, 15) is 0 Å². The highest BCUT2D eigenvalue weighted by molar-refractivity contribution is 5.76. The van der Waals surface area contributed by atoms with Gasteiger partial charge in [-0.15, -0.1) is 0 Å². The number of aromatic nitrogens is 3. The summed E-state index contributed by atoms with van der Waals surface area (Å²) in [6.45, 7) is 6.60. The standard InChI is InChI=1S/C17H20N4/c1-17(2,3)12-4-5-13-14(10-12)21-16(20-13)15(18)11-6-8-19-9-7-11/h4-10,15H,18H2,1-3H3,(H,20,21). The zero-order chi connectivity index (χ0) is 15.0. The van der Waals surface area contributed by atoms with Crippen LogP contribution in [0, 0.1) is 0 Å². The normalized spacial score (nSPS) is 13.5. The Hall–Kier alpha value is -2.20. The molecule has 0 spiro atoms. The molecular weight excluding hydrogens is 260 g/mol. The number of rotatable bonds is 2. The van der Waals surface area contributed by atoms with Crippen LogP contribution in [0.4, 0.5) is 0 Å². The number of aromatic amines is 1. The third-order valence-electron chi connectivity index (χ3n) is 3.73. The van der Waals surface area contributed by atoms with Crippen LogP contribution < -0.4 is 5.73 Å². The Balaban J connectivity index is 2.02. The second kappa shape index (κ2) is 4.97. The molecule has 4 nitrogen and oxygen atoms in total. The molecule has 3 rings (SSSR count). The summed E-state index contributed by atoms with van der Waals surface area (Å²) in [6, 6.07) is 9.91. The van der Waals surface area contributed by atoms with Gasteiger partial charge in [-0.3, -0.25) is 4.98 Å². The van der Waals surface area contributed by atoms with Crippen LogP contribution in [0.15, 0.2) is 42.7 Å². The topological polar surface area (TPSA) is 67.6 Å². The number of hydrogen-bond acceptors (Lipinski definition) is 3. The van der Waals surface area contributed by atoms with Crippen LogP contribution >= 0.6 is 0 Å². The van der Waals surface area contributed by atoms with Crippen LogP contribution in [-0.2, 0) is 5.41 Å². The number of nitrogens with one attached hydrogen (secondary N) is 1. The zero-order valence-electron chi connectivity index (χ0n) is 12.6. The monoisotopic (exact) mass is 280 g/mol. The van der Waals surface area contributed by atoms with Crippen molar-refractivity contribution in [3.05, 3.63) is 59.7 Å².